The fraction of sp³-hybridized carbons (Fsp3) is 0.615. The monoisotopic (exact) mass is 314 g/mol. The third kappa shape index (κ3) is 3.85. The first kappa shape index (κ1) is 13.6. The van der Waals surface area contributed by atoms with Crippen molar-refractivity contribution in [2.24, 2.45) is 5.92 Å². The number of nitrogens with zero attached hydrogens (tertiary/aromatic N) is 1. The van der Waals surface area contributed by atoms with Crippen LogP contribution in [0.2, 0.25) is 0 Å². The number of hydrogen-bond donors (Lipinski definition) is 1. The number of halogens is 1. The molecule has 100 valence electrons. The smallest absolute Gasteiger partial charge is 0.287 e. The van der Waals surface area contributed by atoms with E-state index < -0.39 is 0 Å². The van der Waals surface area contributed by atoms with Crippen LogP contribution in [0, 0.1) is 5.92 Å². The molecule has 4 nitrogen and oxygen atoms in total. The van der Waals surface area contributed by atoms with Gasteiger partial charge in [-0.15, -0.1) is 0 Å². The number of carbonyl (C=O) groups excluding carboxylic acids is 1. The largest absolute Gasteiger partial charge is 0.444 e. The van der Waals surface area contributed by atoms with E-state index in [4.69, 9.17) is 4.42 Å². The van der Waals surface area contributed by atoms with Gasteiger partial charge < -0.3 is 14.6 Å². The lowest BCUT2D eigenvalue weighted by Crippen LogP contribution is -2.34. The van der Waals surface area contributed by atoms with Crippen LogP contribution in [0.3, 0.4) is 0 Å². The Morgan fingerprint density at radius 1 is 1.50 bits per heavy atom. The Hall–Kier alpha value is -0.810. The number of furan rings is 1. The average Bonchev–Trinajstić information content (AvgIpc) is 2.97. The normalized spacial score (nSPS) is 17.9. The molecule has 1 aromatic heterocycles. The molecule has 1 aliphatic rings. The quantitative estimate of drug-likeness (QED) is 0.908. The van der Waals surface area contributed by atoms with Gasteiger partial charge in [-0.25, -0.2) is 0 Å². The summed E-state index contributed by atoms with van der Waals surface area (Å²) in [6.07, 6.45) is 2.61. The summed E-state index contributed by atoms with van der Waals surface area (Å²) in [5, 5.41) is 2.91. The van der Waals surface area contributed by atoms with Crippen molar-refractivity contribution in [3.05, 3.63) is 22.6 Å². The van der Waals surface area contributed by atoms with Crippen molar-refractivity contribution in [3.8, 4) is 0 Å². The Morgan fingerprint density at radius 2 is 2.22 bits per heavy atom. The highest BCUT2D eigenvalue weighted by atomic mass is 79.9. The van der Waals surface area contributed by atoms with Crippen LogP contribution in [-0.2, 0) is 0 Å². The lowest BCUT2D eigenvalue weighted by Gasteiger charge is -2.20. The molecule has 1 amide bonds. The zero-order valence-corrected chi connectivity index (χ0v) is 12.2. The molecule has 1 aromatic rings. The molecule has 0 bridgehead atoms. The van der Waals surface area contributed by atoms with E-state index in [1.54, 1.807) is 12.1 Å². The molecule has 0 spiro atoms. The second-order valence-corrected chi connectivity index (χ2v) is 5.71. The fourth-order valence-corrected chi connectivity index (χ4v) is 2.57. The molecule has 0 saturated carbocycles. The summed E-state index contributed by atoms with van der Waals surface area (Å²) in [4.78, 5) is 14.2. The average molecular weight is 315 g/mol. The maximum atomic E-state index is 11.8. The third-order valence-electron chi connectivity index (χ3n) is 3.18. The number of likely N-dealkylation sites (tertiary alicyclic amines) is 1. The van der Waals surface area contributed by atoms with Crippen molar-refractivity contribution in [2.45, 2.75) is 19.8 Å². The predicted octanol–water partition coefficient (Wildman–Crippen LogP) is 2.50. The van der Waals surface area contributed by atoms with E-state index in [0.717, 1.165) is 6.54 Å². The Kier molecular flexibility index (Phi) is 4.83. The molecule has 1 atom stereocenters. The maximum absolute atomic E-state index is 11.8. The van der Waals surface area contributed by atoms with Crippen LogP contribution in [0.1, 0.15) is 30.3 Å². The molecule has 1 fully saturated rings. The number of carbonyl (C=O) groups is 1. The summed E-state index contributed by atoms with van der Waals surface area (Å²) >= 11 is 3.19. The molecular weight excluding hydrogens is 296 g/mol. The van der Waals surface area contributed by atoms with Crippen LogP contribution in [0.4, 0.5) is 0 Å². The van der Waals surface area contributed by atoms with Gasteiger partial charge in [0.1, 0.15) is 0 Å². The standard InChI is InChI=1S/C13H19BrN2O2/c1-10(9-16-6-2-3-7-16)8-15-13(17)11-4-5-12(14)18-11/h4-5,10H,2-3,6-9H2,1H3,(H,15,17). The van der Waals surface area contributed by atoms with E-state index in [1.807, 2.05) is 0 Å². The SMILES string of the molecule is CC(CNC(=O)c1ccc(Br)o1)CN1CCCC1. The lowest BCUT2D eigenvalue weighted by atomic mass is 10.1. The maximum Gasteiger partial charge on any atom is 0.287 e. The highest BCUT2D eigenvalue weighted by Crippen LogP contribution is 2.14. The molecular formula is C13H19BrN2O2. The van der Waals surface area contributed by atoms with E-state index >= 15 is 0 Å². The zero-order valence-electron chi connectivity index (χ0n) is 10.6. The summed E-state index contributed by atoms with van der Waals surface area (Å²) in [7, 11) is 0. The van der Waals surface area contributed by atoms with Crippen molar-refractivity contribution in [3.63, 3.8) is 0 Å². The molecule has 1 aliphatic heterocycles. The minimum atomic E-state index is -0.144. The summed E-state index contributed by atoms with van der Waals surface area (Å²) < 4.78 is 5.79. The van der Waals surface area contributed by atoms with Gasteiger partial charge in [-0.2, -0.15) is 0 Å². The van der Waals surface area contributed by atoms with Gasteiger partial charge >= 0.3 is 0 Å². The van der Waals surface area contributed by atoms with E-state index in [0.29, 0.717) is 22.9 Å². The van der Waals surface area contributed by atoms with Gasteiger partial charge in [0, 0.05) is 13.1 Å². The molecule has 1 saturated heterocycles. The molecule has 1 N–H and O–H groups in total. The van der Waals surface area contributed by atoms with Crippen molar-refractivity contribution >= 4 is 21.8 Å². The van der Waals surface area contributed by atoms with Gasteiger partial charge in [-0.05, 0) is 59.9 Å². The minimum absolute atomic E-state index is 0.144. The Bertz CT molecular complexity index is 399. The summed E-state index contributed by atoms with van der Waals surface area (Å²) in [5.41, 5.74) is 0. The topological polar surface area (TPSA) is 45.5 Å². The highest BCUT2D eigenvalue weighted by molar-refractivity contribution is 9.10. The van der Waals surface area contributed by atoms with Gasteiger partial charge in [0.05, 0.1) is 0 Å². The van der Waals surface area contributed by atoms with Gasteiger partial charge in [0.2, 0.25) is 0 Å². The molecule has 2 rings (SSSR count). The van der Waals surface area contributed by atoms with Gasteiger partial charge in [-0.1, -0.05) is 6.92 Å². The van der Waals surface area contributed by atoms with Crippen LogP contribution in [-0.4, -0.2) is 37.0 Å². The summed E-state index contributed by atoms with van der Waals surface area (Å²) in [6.45, 7) is 6.30. The Labute approximate surface area is 116 Å². The highest BCUT2D eigenvalue weighted by Gasteiger charge is 2.16. The van der Waals surface area contributed by atoms with Crippen LogP contribution in [0.15, 0.2) is 21.2 Å². The summed E-state index contributed by atoms with van der Waals surface area (Å²) in [5.74, 6) is 0.676. The van der Waals surface area contributed by atoms with Gasteiger partial charge in [0.25, 0.3) is 5.91 Å². The lowest BCUT2D eigenvalue weighted by molar-refractivity contribution is 0.0916. The molecule has 0 aromatic carbocycles. The third-order valence-corrected chi connectivity index (χ3v) is 3.60. The van der Waals surface area contributed by atoms with E-state index in [1.165, 1.54) is 25.9 Å². The van der Waals surface area contributed by atoms with Gasteiger partial charge in [-0.3, -0.25) is 4.79 Å². The van der Waals surface area contributed by atoms with E-state index in [-0.39, 0.29) is 5.91 Å². The second-order valence-electron chi connectivity index (χ2n) is 4.93. The molecule has 0 radical (unpaired) electrons. The molecule has 2 heterocycles. The first-order valence-corrected chi connectivity index (χ1v) is 7.20. The first-order chi connectivity index (χ1) is 8.65. The van der Waals surface area contributed by atoms with Crippen LogP contribution in [0.5, 0.6) is 0 Å². The van der Waals surface area contributed by atoms with Crippen molar-refractivity contribution in [1.29, 1.82) is 0 Å². The Morgan fingerprint density at radius 3 is 2.83 bits per heavy atom. The van der Waals surface area contributed by atoms with Gasteiger partial charge in [0.15, 0.2) is 10.4 Å². The Balaban J connectivity index is 1.71. The molecule has 1 unspecified atom stereocenters. The fourth-order valence-electron chi connectivity index (χ4n) is 2.26. The van der Waals surface area contributed by atoms with Crippen LogP contribution >= 0.6 is 15.9 Å². The minimum Gasteiger partial charge on any atom is -0.444 e. The van der Waals surface area contributed by atoms with Crippen molar-refractivity contribution in [2.75, 3.05) is 26.2 Å². The van der Waals surface area contributed by atoms with E-state index in [9.17, 15) is 4.79 Å². The van der Waals surface area contributed by atoms with E-state index in [2.05, 4.69) is 33.1 Å². The van der Waals surface area contributed by atoms with Crippen LogP contribution < -0.4 is 5.32 Å². The second kappa shape index (κ2) is 6.38. The number of rotatable bonds is 5. The first-order valence-electron chi connectivity index (χ1n) is 6.41. The molecule has 0 aliphatic carbocycles. The van der Waals surface area contributed by atoms with Crippen molar-refractivity contribution in [1.82, 2.24) is 10.2 Å². The molecule has 5 heteroatoms. The zero-order chi connectivity index (χ0) is 13.0. The molecule has 18 heavy (non-hydrogen) atoms. The number of hydrogen-bond acceptors (Lipinski definition) is 3. The van der Waals surface area contributed by atoms with Crippen molar-refractivity contribution < 1.29 is 9.21 Å². The van der Waals surface area contributed by atoms with Crippen LogP contribution in [0.25, 0.3) is 0 Å². The predicted molar refractivity (Wildman–Crippen MR) is 73.6 cm³/mol. The number of nitrogens with one attached hydrogen (secondary N) is 1. The summed E-state index contributed by atoms with van der Waals surface area (Å²) in [6, 6.07) is 3.40. The number of amides is 1.